The predicted octanol–water partition coefficient (Wildman–Crippen LogP) is 3.45. The van der Waals surface area contributed by atoms with Crippen LogP contribution in [0.15, 0.2) is 30.4 Å². The molecule has 0 heterocycles. The average Bonchev–Trinajstić information content (AvgIpc) is 2.96. The van der Waals surface area contributed by atoms with Gasteiger partial charge in [-0.1, -0.05) is 35.4 Å². The molecule has 0 aliphatic heterocycles. The zero-order chi connectivity index (χ0) is 15.1. The second-order valence-corrected chi connectivity index (χ2v) is 6.36. The lowest BCUT2D eigenvalue weighted by atomic mass is 9.82. The molecule has 0 spiro atoms. The quantitative estimate of drug-likeness (QED) is 0.836. The van der Waals surface area contributed by atoms with Gasteiger partial charge in [-0.05, 0) is 36.5 Å². The van der Waals surface area contributed by atoms with Gasteiger partial charge in [0.15, 0.2) is 0 Å². The minimum Gasteiger partial charge on any atom is -0.481 e. The number of carboxylic acids is 1. The van der Waals surface area contributed by atoms with E-state index in [1.54, 1.807) is 18.2 Å². The van der Waals surface area contributed by atoms with Gasteiger partial charge in [-0.25, -0.2) is 0 Å². The number of carbonyl (C=O) groups is 2. The van der Waals surface area contributed by atoms with Crippen molar-refractivity contribution in [3.8, 4) is 0 Å². The van der Waals surface area contributed by atoms with Crippen molar-refractivity contribution in [3.05, 3.63) is 40.4 Å². The number of nitrogens with one attached hydrogen (secondary N) is 1. The summed E-state index contributed by atoms with van der Waals surface area (Å²) in [5, 5.41) is 12.9. The number of amides is 1. The van der Waals surface area contributed by atoms with E-state index in [9.17, 15) is 14.7 Å². The van der Waals surface area contributed by atoms with Crippen LogP contribution in [0.4, 0.5) is 5.69 Å². The Hall–Kier alpha value is -1.52. The summed E-state index contributed by atoms with van der Waals surface area (Å²) in [5.41, 5.74) is 0.480. The summed E-state index contributed by atoms with van der Waals surface area (Å²) in [5.74, 6) is -2.48. The predicted molar refractivity (Wildman–Crippen MR) is 80.4 cm³/mol. The lowest BCUT2D eigenvalue weighted by Gasteiger charge is -2.23. The van der Waals surface area contributed by atoms with Crippen LogP contribution in [-0.2, 0) is 9.59 Å². The standard InChI is InChI=1S/C15H13Cl2NO3/c16-9-4-10(17)6-11(5-9)18-14(19)12-7-1-2-8(3-7)13(12)15(20)21/h1-2,4-8,12-13H,3H2,(H,18,19)(H,20,21)/t7-,8+,12-,13-/m0/s1. The van der Waals surface area contributed by atoms with Crippen LogP contribution in [0.2, 0.25) is 10.0 Å². The molecular formula is C15H13Cl2NO3. The lowest BCUT2D eigenvalue weighted by Crippen LogP contribution is -2.36. The van der Waals surface area contributed by atoms with Crippen molar-refractivity contribution in [3.63, 3.8) is 0 Å². The summed E-state index contributed by atoms with van der Waals surface area (Å²) in [4.78, 5) is 23.9. The van der Waals surface area contributed by atoms with Gasteiger partial charge in [0.1, 0.15) is 0 Å². The number of hydrogen-bond acceptors (Lipinski definition) is 2. The number of benzene rings is 1. The average molecular weight is 326 g/mol. The SMILES string of the molecule is O=C(O)[C@@H]1[C@@H](C(=O)Nc2cc(Cl)cc(Cl)c2)[C@H]2C=C[C@@H]1C2. The van der Waals surface area contributed by atoms with Gasteiger partial charge in [-0.3, -0.25) is 9.59 Å². The van der Waals surface area contributed by atoms with Gasteiger partial charge in [0.25, 0.3) is 0 Å². The molecular weight excluding hydrogens is 313 g/mol. The van der Waals surface area contributed by atoms with E-state index in [0.29, 0.717) is 15.7 Å². The van der Waals surface area contributed by atoms with Crippen molar-refractivity contribution >= 4 is 40.8 Å². The molecule has 4 atom stereocenters. The van der Waals surface area contributed by atoms with Gasteiger partial charge < -0.3 is 10.4 Å². The molecule has 4 nitrogen and oxygen atoms in total. The van der Waals surface area contributed by atoms with Crippen molar-refractivity contribution in [2.24, 2.45) is 23.7 Å². The number of carboxylic acid groups (broad SMARTS) is 1. The smallest absolute Gasteiger partial charge is 0.307 e. The Labute approximate surface area is 131 Å². The molecule has 3 rings (SSSR count). The van der Waals surface area contributed by atoms with Crippen molar-refractivity contribution in [2.45, 2.75) is 6.42 Å². The number of fused-ring (bicyclic) bond motifs is 2. The first-order valence-electron chi connectivity index (χ1n) is 6.64. The normalized spacial score (nSPS) is 29.6. The fraction of sp³-hybridized carbons (Fsp3) is 0.333. The highest BCUT2D eigenvalue weighted by Gasteiger charge is 2.51. The third-order valence-electron chi connectivity index (χ3n) is 4.18. The summed E-state index contributed by atoms with van der Waals surface area (Å²) < 4.78 is 0. The molecule has 1 amide bonds. The maximum Gasteiger partial charge on any atom is 0.307 e. The molecule has 6 heteroatoms. The molecule has 0 unspecified atom stereocenters. The molecule has 1 aromatic rings. The van der Waals surface area contributed by atoms with Crippen LogP contribution in [0.5, 0.6) is 0 Å². The summed E-state index contributed by atoms with van der Waals surface area (Å²) in [7, 11) is 0. The molecule has 0 saturated heterocycles. The number of rotatable bonds is 3. The highest BCUT2D eigenvalue weighted by molar-refractivity contribution is 6.35. The Morgan fingerprint density at radius 1 is 1.05 bits per heavy atom. The maximum atomic E-state index is 12.4. The first kappa shape index (κ1) is 14.4. The van der Waals surface area contributed by atoms with Gasteiger partial charge in [0.2, 0.25) is 5.91 Å². The largest absolute Gasteiger partial charge is 0.481 e. The topological polar surface area (TPSA) is 66.4 Å². The van der Waals surface area contributed by atoms with Gasteiger partial charge in [0, 0.05) is 15.7 Å². The maximum absolute atomic E-state index is 12.4. The van der Waals surface area contributed by atoms with E-state index in [0.717, 1.165) is 6.42 Å². The summed E-state index contributed by atoms with van der Waals surface area (Å²) in [6.07, 6.45) is 4.58. The van der Waals surface area contributed by atoms with Crippen LogP contribution in [0.1, 0.15) is 6.42 Å². The molecule has 1 aromatic carbocycles. The van der Waals surface area contributed by atoms with Crippen molar-refractivity contribution in [1.82, 2.24) is 0 Å². The van der Waals surface area contributed by atoms with Crippen molar-refractivity contribution in [2.75, 3.05) is 5.32 Å². The van der Waals surface area contributed by atoms with E-state index >= 15 is 0 Å². The summed E-state index contributed by atoms with van der Waals surface area (Å²) in [6.45, 7) is 0. The molecule has 2 N–H and O–H groups in total. The molecule has 2 aliphatic rings. The second kappa shape index (κ2) is 5.35. The molecule has 1 fully saturated rings. The third kappa shape index (κ3) is 2.65. The molecule has 2 bridgehead atoms. The molecule has 110 valence electrons. The fourth-order valence-electron chi connectivity index (χ4n) is 3.37. The van der Waals surface area contributed by atoms with Crippen molar-refractivity contribution in [1.29, 1.82) is 0 Å². The van der Waals surface area contributed by atoms with E-state index in [4.69, 9.17) is 23.2 Å². The van der Waals surface area contributed by atoms with Crippen LogP contribution in [0.3, 0.4) is 0 Å². The van der Waals surface area contributed by atoms with Crippen molar-refractivity contribution < 1.29 is 14.7 Å². The van der Waals surface area contributed by atoms with E-state index in [-0.39, 0.29) is 17.7 Å². The molecule has 0 radical (unpaired) electrons. The summed E-state index contributed by atoms with van der Waals surface area (Å²) in [6, 6.07) is 4.74. The Kier molecular flexibility index (Phi) is 3.68. The van der Waals surface area contributed by atoms with Gasteiger partial charge >= 0.3 is 5.97 Å². The van der Waals surface area contributed by atoms with Gasteiger partial charge in [-0.2, -0.15) is 0 Å². The van der Waals surface area contributed by atoms with Crippen LogP contribution in [-0.4, -0.2) is 17.0 Å². The fourth-order valence-corrected chi connectivity index (χ4v) is 3.89. The highest BCUT2D eigenvalue weighted by Crippen LogP contribution is 2.48. The number of anilines is 1. The first-order valence-corrected chi connectivity index (χ1v) is 7.39. The highest BCUT2D eigenvalue weighted by atomic mass is 35.5. The zero-order valence-corrected chi connectivity index (χ0v) is 12.4. The van der Waals surface area contributed by atoms with Gasteiger partial charge in [-0.15, -0.1) is 0 Å². The monoisotopic (exact) mass is 325 g/mol. The van der Waals surface area contributed by atoms with Gasteiger partial charge in [0.05, 0.1) is 11.8 Å². The summed E-state index contributed by atoms with van der Waals surface area (Å²) >= 11 is 11.8. The van der Waals surface area contributed by atoms with E-state index in [1.807, 2.05) is 12.2 Å². The van der Waals surface area contributed by atoms with E-state index in [1.165, 1.54) is 0 Å². The minimum absolute atomic E-state index is 0.00856. The number of aliphatic carboxylic acids is 1. The molecule has 0 aromatic heterocycles. The van der Waals surface area contributed by atoms with Crippen LogP contribution in [0, 0.1) is 23.7 Å². The number of carbonyl (C=O) groups excluding carboxylic acids is 1. The Bertz CT molecular complexity index is 624. The second-order valence-electron chi connectivity index (χ2n) is 5.49. The minimum atomic E-state index is -0.920. The molecule has 2 aliphatic carbocycles. The first-order chi connectivity index (χ1) is 9.95. The Balaban J connectivity index is 1.82. The lowest BCUT2D eigenvalue weighted by molar-refractivity contribution is -0.146. The van der Waals surface area contributed by atoms with Crippen LogP contribution < -0.4 is 5.32 Å². The Morgan fingerprint density at radius 3 is 2.19 bits per heavy atom. The van der Waals surface area contributed by atoms with E-state index < -0.39 is 17.8 Å². The van der Waals surface area contributed by atoms with Crippen LogP contribution >= 0.6 is 23.2 Å². The molecule has 1 saturated carbocycles. The Morgan fingerprint density at radius 2 is 1.62 bits per heavy atom. The number of hydrogen-bond donors (Lipinski definition) is 2. The third-order valence-corrected chi connectivity index (χ3v) is 4.61. The molecule has 21 heavy (non-hydrogen) atoms. The van der Waals surface area contributed by atoms with Crippen LogP contribution in [0.25, 0.3) is 0 Å². The number of allylic oxidation sites excluding steroid dienone is 2. The van der Waals surface area contributed by atoms with E-state index in [2.05, 4.69) is 5.32 Å². The zero-order valence-electron chi connectivity index (χ0n) is 10.9. The number of halogens is 2.